The molecule has 0 aliphatic carbocycles. The highest BCUT2D eigenvalue weighted by atomic mass is 19.1. The average molecular weight is 332 g/mol. The molecule has 4 rings (SSSR count). The first-order valence-electron chi connectivity index (χ1n) is 7.98. The van der Waals surface area contributed by atoms with Gasteiger partial charge in [-0.1, -0.05) is 0 Å². The summed E-state index contributed by atoms with van der Waals surface area (Å²) in [5.41, 5.74) is 1.29. The summed E-state index contributed by atoms with van der Waals surface area (Å²) in [6.45, 7) is 1.40. The third-order valence-electron chi connectivity index (χ3n) is 4.52. The summed E-state index contributed by atoms with van der Waals surface area (Å²) in [6, 6.07) is 4.20. The Hall–Kier alpha value is -2.64. The van der Waals surface area contributed by atoms with Crippen molar-refractivity contribution in [3.8, 4) is 0 Å². The maximum absolute atomic E-state index is 13.3. The van der Waals surface area contributed by atoms with Crippen LogP contribution in [0.5, 0.6) is 0 Å². The number of benzene rings is 1. The first-order valence-corrected chi connectivity index (χ1v) is 7.98. The molecule has 0 spiro atoms. The Kier molecular flexibility index (Phi) is 3.59. The predicted molar refractivity (Wildman–Crippen MR) is 82.7 cm³/mol. The highest BCUT2D eigenvalue weighted by molar-refractivity contribution is 5.83. The van der Waals surface area contributed by atoms with E-state index in [0.717, 1.165) is 12.8 Å². The minimum atomic E-state index is -0.446. The molecule has 1 atom stereocenters. The molecule has 2 aromatic rings. The molecule has 2 saturated heterocycles. The lowest BCUT2D eigenvalue weighted by molar-refractivity contribution is -0.132. The van der Waals surface area contributed by atoms with Crippen LogP contribution in [0.15, 0.2) is 18.2 Å². The molecule has 0 saturated carbocycles. The van der Waals surface area contributed by atoms with E-state index in [1.54, 1.807) is 11.0 Å². The minimum Gasteiger partial charge on any atom is -0.448 e. The largest absolute Gasteiger partial charge is 0.448 e. The molecule has 2 fully saturated rings. The number of H-pyrrole nitrogens is 1. The standard InChI is InChI=1S/C16H17FN4O3/c17-10-3-4-11-12(8-10)19-15(18-11)13-2-1-5-21(13)14(22)9-20-6-7-24-16(20)23/h3-4,8,13H,1-2,5-7,9H2,(H,18,19)/t13-/m1/s1. The Bertz CT molecular complexity index is 806. The molecule has 2 aliphatic rings. The van der Waals surface area contributed by atoms with Gasteiger partial charge in [0.2, 0.25) is 5.91 Å². The van der Waals surface area contributed by atoms with E-state index in [4.69, 9.17) is 4.74 Å². The maximum Gasteiger partial charge on any atom is 0.410 e. The third kappa shape index (κ3) is 2.57. The minimum absolute atomic E-state index is 0.0180. The Labute approximate surface area is 137 Å². The van der Waals surface area contributed by atoms with Gasteiger partial charge in [-0.05, 0) is 31.0 Å². The number of hydrogen-bond donors (Lipinski definition) is 1. The molecule has 7 nitrogen and oxygen atoms in total. The zero-order valence-corrected chi connectivity index (χ0v) is 13.0. The van der Waals surface area contributed by atoms with Crippen LogP contribution in [-0.2, 0) is 9.53 Å². The van der Waals surface area contributed by atoms with Crippen LogP contribution >= 0.6 is 0 Å². The smallest absolute Gasteiger partial charge is 0.410 e. The summed E-state index contributed by atoms with van der Waals surface area (Å²) in [7, 11) is 0. The van der Waals surface area contributed by atoms with Gasteiger partial charge in [-0.15, -0.1) is 0 Å². The van der Waals surface area contributed by atoms with E-state index in [1.807, 2.05) is 0 Å². The second-order valence-corrected chi connectivity index (χ2v) is 6.06. The fraction of sp³-hybridized carbons (Fsp3) is 0.438. The first-order chi connectivity index (χ1) is 11.6. The van der Waals surface area contributed by atoms with Crippen molar-refractivity contribution in [2.24, 2.45) is 0 Å². The number of rotatable bonds is 3. The molecule has 2 aliphatic heterocycles. The van der Waals surface area contributed by atoms with Crippen LogP contribution in [0.1, 0.15) is 24.7 Å². The molecule has 0 bridgehead atoms. The number of halogens is 1. The normalized spacial score (nSPS) is 20.9. The number of hydrogen-bond acceptors (Lipinski definition) is 4. The number of nitrogens with zero attached hydrogens (tertiary/aromatic N) is 3. The van der Waals surface area contributed by atoms with Gasteiger partial charge in [-0.3, -0.25) is 9.69 Å². The molecule has 24 heavy (non-hydrogen) atoms. The summed E-state index contributed by atoms with van der Waals surface area (Å²) < 4.78 is 18.2. The summed E-state index contributed by atoms with van der Waals surface area (Å²) in [5, 5.41) is 0. The number of carbonyl (C=O) groups excluding carboxylic acids is 2. The maximum atomic E-state index is 13.3. The average Bonchev–Trinajstić information content (AvgIpc) is 3.26. The molecule has 0 unspecified atom stereocenters. The molecule has 8 heteroatoms. The van der Waals surface area contributed by atoms with Crippen LogP contribution in [0.3, 0.4) is 0 Å². The number of aromatic nitrogens is 2. The van der Waals surface area contributed by atoms with E-state index in [2.05, 4.69) is 9.97 Å². The predicted octanol–water partition coefficient (Wildman–Crippen LogP) is 1.82. The number of cyclic esters (lactones) is 1. The van der Waals surface area contributed by atoms with E-state index in [0.29, 0.717) is 36.6 Å². The van der Waals surface area contributed by atoms with Gasteiger partial charge in [0.05, 0.1) is 23.6 Å². The number of nitrogens with one attached hydrogen (secondary N) is 1. The van der Waals surface area contributed by atoms with Crippen molar-refractivity contribution in [2.75, 3.05) is 26.2 Å². The number of aromatic amines is 1. The SMILES string of the molecule is O=C1OCCN1CC(=O)N1CCC[C@@H]1c1nc2ccc(F)cc2[nH]1. The zero-order chi connectivity index (χ0) is 16.7. The molecule has 126 valence electrons. The second kappa shape index (κ2) is 5.77. The fourth-order valence-electron chi connectivity index (χ4n) is 3.33. The van der Waals surface area contributed by atoms with Gasteiger partial charge in [0.25, 0.3) is 0 Å². The number of ether oxygens (including phenoxy) is 1. The second-order valence-electron chi connectivity index (χ2n) is 6.06. The van der Waals surface area contributed by atoms with Crippen LogP contribution in [0.2, 0.25) is 0 Å². The monoisotopic (exact) mass is 332 g/mol. The van der Waals surface area contributed by atoms with Gasteiger partial charge in [-0.25, -0.2) is 14.2 Å². The Balaban J connectivity index is 1.54. The molecule has 1 aromatic heterocycles. The number of amides is 2. The van der Waals surface area contributed by atoms with Crippen molar-refractivity contribution < 1.29 is 18.7 Å². The summed E-state index contributed by atoms with van der Waals surface area (Å²) in [6.07, 6.45) is 1.21. The van der Waals surface area contributed by atoms with E-state index in [-0.39, 0.29) is 24.3 Å². The van der Waals surface area contributed by atoms with Crippen molar-refractivity contribution in [3.63, 3.8) is 0 Å². The summed E-state index contributed by atoms with van der Waals surface area (Å²) in [4.78, 5) is 34.8. The Morgan fingerprint density at radius 2 is 2.29 bits per heavy atom. The molecular weight excluding hydrogens is 315 g/mol. The van der Waals surface area contributed by atoms with Gasteiger partial charge in [0, 0.05) is 6.54 Å². The van der Waals surface area contributed by atoms with E-state index in [1.165, 1.54) is 17.0 Å². The topological polar surface area (TPSA) is 78.5 Å². The van der Waals surface area contributed by atoms with Crippen molar-refractivity contribution in [2.45, 2.75) is 18.9 Å². The lowest BCUT2D eigenvalue weighted by Gasteiger charge is -2.25. The van der Waals surface area contributed by atoms with E-state index < -0.39 is 6.09 Å². The lowest BCUT2D eigenvalue weighted by atomic mass is 10.2. The number of fused-ring (bicyclic) bond motifs is 1. The van der Waals surface area contributed by atoms with E-state index in [9.17, 15) is 14.0 Å². The van der Waals surface area contributed by atoms with Crippen molar-refractivity contribution in [1.82, 2.24) is 19.8 Å². The van der Waals surface area contributed by atoms with Crippen LogP contribution < -0.4 is 0 Å². The summed E-state index contributed by atoms with van der Waals surface area (Å²) in [5.74, 6) is 0.207. The van der Waals surface area contributed by atoms with Gasteiger partial charge in [0.15, 0.2) is 0 Å². The van der Waals surface area contributed by atoms with Crippen LogP contribution in [0, 0.1) is 5.82 Å². The highest BCUT2D eigenvalue weighted by Crippen LogP contribution is 2.31. The molecule has 1 aromatic carbocycles. The van der Waals surface area contributed by atoms with Crippen LogP contribution in [0.25, 0.3) is 11.0 Å². The quantitative estimate of drug-likeness (QED) is 0.930. The van der Waals surface area contributed by atoms with Gasteiger partial charge < -0.3 is 14.6 Å². The van der Waals surface area contributed by atoms with Crippen LogP contribution in [-0.4, -0.2) is 58.0 Å². The number of imidazole rings is 1. The van der Waals surface area contributed by atoms with E-state index >= 15 is 0 Å². The molecule has 2 amide bonds. The number of likely N-dealkylation sites (tertiary alicyclic amines) is 1. The Morgan fingerprint density at radius 3 is 3.08 bits per heavy atom. The number of carbonyl (C=O) groups is 2. The lowest BCUT2D eigenvalue weighted by Crippen LogP contribution is -2.40. The fourth-order valence-corrected chi connectivity index (χ4v) is 3.33. The molecule has 0 radical (unpaired) electrons. The van der Waals surface area contributed by atoms with Crippen molar-refractivity contribution in [1.29, 1.82) is 0 Å². The third-order valence-corrected chi connectivity index (χ3v) is 4.52. The molecular formula is C16H17FN4O3. The first kappa shape index (κ1) is 14.9. The van der Waals surface area contributed by atoms with Crippen molar-refractivity contribution in [3.05, 3.63) is 29.8 Å². The molecule has 1 N–H and O–H groups in total. The van der Waals surface area contributed by atoms with Crippen molar-refractivity contribution >= 4 is 23.0 Å². The molecule has 3 heterocycles. The zero-order valence-electron chi connectivity index (χ0n) is 13.0. The van der Waals surface area contributed by atoms with Gasteiger partial charge in [-0.2, -0.15) is 0 Å². The van der Waals surface area contributed by atoms with Gasteiger partial charge in [0.1, 0.15) is 24.8 Å². The highest BCUT2D eigenvalue weighted by Gasteiger charge is 2.34. The van der Waals surface area contributed by atoms with Gasteiger partial charge >= 0.3 is 6.09 Å². The summed E-state index contributed by atoms with van der Waals surface area (Å²) >= 11 is 0. The van der Waals surface area contributed by atoms with Crippen LogP contribution in [0.4, 0.5) is 9.18 Å². The Morgan fingerprint density at radius 1 is 1.42 bits per heavy atom.